The molecule has 0 aromatic carbocycles. The fourth-order valence-corrected chi connectivity index (χ4v) is 0. The van der Waals surface area contributed by atoms with Crippen molar-refractivity contribution < 1.29 is 20.2 Å². The normalized spacial score (nSPS) is 6.78. The van der Waals surface area contributed by atoms with Crippen molar-refractivity contribution in [2.24, 2.45) is 0 Å². The smallest absolute Gasteiger partial charge is 0.318 e. The second kappa shape index (κ2) is 6.96. The van der Waals surface area contributed by atoms with Gasteiger partial charge in [-0.2, -0.15) is 0 Å². The Hall–Kier alpha value is -1.04. The number of halogens is 1. The Labute approximate surface area is 54.8 Å². The number of alkyl halides is 1. The quantitative estimate of drug-likeness (QED) is 0.316. The summed E-state index contributed by atoms with van der Waals surface area (Å²) >= 11 is 4.74. The third-order valence-corrected chi connectivity index (χ3v) is 0.343. The fraction of sp³-hybridized carbons (Fsp3) is 0.500. The number of hydrogen-bond donors (Lipinski definition) is 2. The molecule has 0 aromatic heterocycles. The molecule has 9 heavy (non-hydrogen) atoms. The first kappa shape index (κ1) is 10.9. The van der Waals surface area contributed by atoms with Crippen molar-refractivity contribution in [3.05, 3.63) is 10.1 Å². The van der Waals surface area contributed by atoms with E-state index in [0.29, 0.717) is 0 Å². The maximum Gasteiger partial charge on any atom is 0.318 e. The van der Waals surface area contributed by atoms with Gasteiger partial charge in [-0.15, -0.1) is 21.7 Å². The monoisotopic (exact) mass is 157 g/mol. The Morgan fingerprint density at radius 3 is 1.89 bits per heavy atom. The third-order valence-electron chi connectivity index (χ3n) is 0.114. The van der Waals surface area contributed by atoms with Gasteiger partial charge in [-0.1, -0.05) is 0 Å². The highest BCUT2D eigenvalue weighted by atomic mass is 35.5. The Morgan fingerprint density at radius 1 is 1.78 bits per heavy atom. The Kier molecular flexibility index (Phi) is 8.39. The second-order valence-corrected chi connectivity index (χ2v) is 1.03. The number of aliphatic carboxylic acids is 1. The highest BCUT2D eigenvalue weighted by Gasteiger charge is 1.83. The zero-order chi connectivity index (χ0) is 7.86. The van der Waals surface area contributed by atoms with Crippen molar-refractivity contribution in [3.8, 4) is 0 Å². The van der Waals surface area contributed by atoms with Crippen LogP contribution in [0.5, 0.6) is 0 Å². The van der Waals surface area contributed by atoms with Gasteiger partial charge >= 0.3 is 5.97 Å². The molecule has 2 N–H and O–H groups in total. The summed E-state index contributed by atoms with van der Waals surface area (Å²) in [5.74, 6) is -1.29. The molecule has 0 rings (SSSR count). The van der Waals surface area contributed by atoms with Crippen molar-refractivity contribution >= 4 is 17.6 Å². The topological polar surface area (TPSA) is 101 Å². The van der Waals surface area contributed by atoms with Gasteiger partial charge in [-0.05, 0) is 0 Å². The van der Waals surface area contributed by atoms with Crippen LogP contribution >= 0.6 is 11.6 Å². The molecule has 0 heterocycles. The molecule has 0 aromatic rings. The summed E-state index contributed by atoms with van der Waals surface area (Å²) in [6.07, 6.45) is 0. The van der Waals surface area contributed by atoms with Gasteiger partial charge in [0.1, 0.15) is 5.88 Å². The van der Waals surface area contributed by atoms with E-state index in [2.05, 4.69) is 0 Å². The van der Waals surface area contributed by atoms with Crippen molar-refractivity contribution in [1.82, 2.24) is 0 Å². The van der Waals surface area contributed by atoms with Gasteiger partial charge in [-0.25, -0.2) is 0 Å². The average Bonchev–Trinajstić information content (AvgIpc) is 1.65. The van der Waals surface area contributed by atoms with Crippen LogP contribution in [-0.4, -0.2) is 27.2 Å². The van der Waals surface area contributed by atoms with Gasteiger partial charge in [0.05, 0.1) is 0 Å². The number of nitrogens with zero attached hydrogens (tertiary/aromatic N) is 1. The first-order valence-corrected chi connectivity index (χ1v) is 2.15. The summed E-state index contributed by atoms with van der Waals surface area (Å²) in [5, 5.41) is 21.2. The van der Waals surface area contributed by atoms with Crippen molar-refractivity contribution in [2.75, 3.05) is 5.88 Å². The van der Waals surface area contributed by atoms with E-state index < -0.39 is 11.1 Å². The summed E-state index contributed by atoms with van der Waals surface area (Å²) < 4.78 is 0. The first-order chi connectivity index (χ1) is 4.00. The Balaban J connectivity index is 0. The van der Waals surface area contributed by atoms with E-state index in [1.807, 2.05) is 0 Å². The van der Waals surface area contributed by atoms with Crippen molar-refractivity contribution in [1.29, 1.82) is 0 Å². The molecule has 0 aliphatic heterocycles. The average molecular weight is 158 g/mol. The molecule has 0 radical (unpaired) electrons. The predicted octanol–water partition coefficient (Wildman–Crippen LogP) is -0.0379. The molecule has 54 valence electrons. The Morgan fingerprint density at radius 2 is 1.89 bits per heavy atom. The summed E-state index contributed by atoms with van der Waals surface area (Å²) in [6, 6.07) is 0. The number of rotatable bonds is 1. The van der Waals surface area contributed by atoms with E-state index in [1.54, 1.807) is 0 Å². The molecule has 0 spiro atoms. The highest BCUT2D eigenvalue weighted by molar-refractivity contribution is 6.26. The van der Waals surface area contributed by atoms with E-state index in [4.69, 9.17) is 32.0 Å². The lowest BCUT2D eigenvalue weighted by atomic mass is 10.8. The maximum atomic E-state index is 9.24. The molecule has 0 fully saturated rings. The van der Waals surface area contributed by atoms with Crippen LogP contribution in [-0.2, 0) is 4.79 Å². The van der Waals surface area contributed by atoms with Crippen LogP contribution in [0.1, 0.15) is 0 Å². The number of carboxylic acids is 1. The molecule has 0 aliphatic rings. The van der Waals surface area contributed by atoms with Gasteiger partial charge in [0.15, 0.2) is 0 Å². The molecule has 0 unspecified atom stereocenters. The summed E-state index contributed by atoms with van der Waals surface area (Å²) in [4.78, 5) is 17.6. The minimum absolute atomic E-state index is 0.306. The summed E-state index contributed by atoms with van der Waals surface area (Å²) in [5.41, 5.74) is 0. The van der Waals surface area contributed by atoms with Crippen LogP contribution in [0.3, 0.4) is 0 Å². The lowest BCUT2D eigenvalue weighted by molar-refractivity contribution is -0.742. The molecule has 7 heteroatoms. The van der Waals surface area contributed by atoms with Crippen LogP contribution in [0.15, 0.2) is 0 Å². The minimum Gasteiger partial charge on any atom is -0.480 e. The Bertz CT molecular complexity index is 99.1. The van der Waals surface area contributed by atoms with Crippen LogP contribution in [0.25, 0.3) is 0 Å². The second-order valence-electron chi connectivity index (χ2n) is 0.765. The standard InChI is InChI=1S/C2H3ClO2.HNO3/c3-1-2(4)5;2-1(3)4/h1H2,(H,4,5);(H,2,3,4). The SMILES string of the molecule is O=C(O)CCl.O=[N+]([O-])O. The molecule has 0 amide bonds. The van der Waals surface area contributed by atoms with Gasteiger partial charge < -0.3 is 10.3 Å². The zero-order valence-electron chi connectivity index (χ0n) is 4.15. The fourth-order valence-electron chi connectivity index (χ4n) is 0. The molecule has 0 bridgehead atoms. The van der Waals surface area contributed by atoms with Gasteiger partial charge in [0.25, 0.3) is 5.09 Å². The van der Waals surface area contributed by atoms with E-state index in [9.17, 15) is 4.79 Å². The molecular formula is C2H4ClNO5. The number of hydrogen-bond acceptors (Lipinski definition) is 3. The van der Waals surface area contributed by atoms with Crippen LogP contribution in [0.4, 0.5) is 0 Å². The van der Waals surface area contributed by atoms with Gasteiger partial charge in [0, 0.05) is 0 Å². The van der Waals surface area contributed by atoms with E-state index in [0.717, 1.165) is 0 Å². The minimum atomic E-state index is -1.50. The third kappa shape index (κ3) is 186. The van der Waals surface area contributed by atoms with Crippen molar-refractivity contribution in [3.63, 3.8) is 0 Å². The van der Waals surface area contributed by atoms with E-state index >= 15 is 0 Å². The summed E-state index contributed by atoms with van der Waals surface area (Å²) in [6.45, 7) is 0. The molecule has 0 saturated heterocycles. The largest absolute Gasteiger partial charge is 0.480 e. The van der Waals surface area contributed by atoms with Gasteiger partial charge in [-0.3, -0.25) is 4.79 Å². The van der Waals surface area contributed by atoms with Crippen LogP contribution in [0.2, 0.25) is 0 Å². The van der Waals surface area contributed by atoms with E-state index in [1.165, 1.54) is 0 Å². The number of carbonyl (C=O) groups is 1. The number of carboxylic acid groups (broad SMARTS) is 1. The lowest BCUT2D eigenvalue weighted by Gasteiger charge is -1.69. The summed E-state index contributed by atoms with van der Waals surface area (Å²) in [7, 11) is 0. The van der Waals surface area contributed by atoms with Crippen molar-refractivity contribution in [2.45, 2.75) is 0 Å². The molecule has 0 aliphatic carbocycles. The molecule has 0 atom stereocenters. The highest BCUT2D eigenvalue weighted by Crippen LogP contribution is 1.67. The zero-order valence-corrected chi connectivity index (χ0v) is 4.91. The van der Waals surface area contributed by atoms with Crippen LogP contribution < -0.4 is 0 Å². The first-order valence-electron chi connectivity index (χ1n) is 1.61. The molecule has 6 nitrogen and oxygen atoms in total. The van der Waals surface area contributed by atoms with Gasteiger partial charge in [0.2, 0.25) is 0 Å². The lowest BCUT2D eigenvalue weighted by Crippen LogP contribution is -1.92. The molecular weight excluding hydrogens is 153 g/mol. The predicted molar refractivity (Wildman–Crippen MR) is 27.1 cm³/mol. The van der Waals surface area contributed by atoms with Crippen LogP contribution in [0, 0.1) is 10.1 Å². The molecule has 0 saturated carbocycles. The van der Waals surface area contributed by atoms with E-state index in [-0.39, 0.29) is 5.88 Å². The maximum absolute atomic E-state index is 9.24.